The van der Waals surface area contributed by atoms with Gasteiger partial charge in [-0.1, -0.05) is 27.7 Å². The van der Waals surface area contributed by atoms with Crippen LogP contribution in [0.15, 0.2) is 56.7 Å². The number of hydrogen-bond donors (Lipinski definition) is 1. The lowest BCUT2D eigenvalue weighted by atomic mass is 10.3. The largest absolute Gasteiger partial charge is 0.393 e. The van der Waals surface area contributed by atoms with Crippen LogP contribution in [0.2, 0.25) is 0 Å². The van der Waals surface area contributed by atoms with Crippen molar-refractivity contribution in [2.24, 2.45) is 0 Å². The van der Waals surface area contributed by atoms with Crippen LogP contribution in [0.5, 0.6) is 0 Å². The standard InChI is InChI=1S/C12H9BrN2O2S/c13-8-1-3-9(4-2-8)18-10-5-6-12(15(16)17)11(14)7-10/h1-7H,14H2. The highest BCUT2D eigenvalue weighted by Gasteiger charge is 2.11. The molecule has 18 heavy (non-hydrogen) atoms. The zero-order chi connectivity index (χ0) is 13.1. The van der Waals surface area contributed by atoms with E-state index in [1.807, 2.05) is 24.3 Å². The number of nitro benzene ring substituents is 1. The number of nitrogens with zero attached hydrogens (tertiary/aromatic N) is 1. The first-order valence-corrected chi connectivity index (χ1v) is 6.64. The number of benzene rings is 2. The first kappa shape index (κ1) is 12.9. The summed E-state index contributed by atoms with van der Waals surface area (Å²) in [5, 5.41) is 10.6. The molecule has 0 radical (unpaired) electrons. The summed E-state index contributed by atoms with van der Waals surface area (Å²) in [5.74, 6) is 0. The molecule has 0 atom stereocenters. The van der Waals surface area contributed by atoms with Crippen LogP contribution in [0.4, 0.5) is 11.4 Å². The average molecular weight is 325 g/mol. The van der Waals surface area contributed by atoms with Crippen LogP contribution in [0.1, 0.15) is 0 Å². The molecule has 0 amide bonds. The maximum atomic E-state index is 10.6. The Morgan fingerprint density at radius 1 is 1.11 bits per heavy atom. The molecule has 0 unspecified atom stereocenters. The maximum absolute atomic E-state index is 10.6. The summed E-state index contributed by atoms with van der Waals surface area (Å²) in [7, 11) is 0. The summed E-state index contributed by atoms with van der Waals surface area (Å²) in [5.41, 5.74) is 5.76. The molecule has 2 N–H and O–H groups in total. The zero-order valence-electron chi connectivity index (χ0n) is 9.17. The van der Waals surface area contributed by atoms with Gasteiger partial charge >= 0.3 is 0 Å². The molecule has 2 rings (SSSR count). The minimum Gasteiger partial charge on any atom is -0.393 e. The normalized spacial score (nSPS) is 10.3. The van der Waals surface area contributed by atoms with Gasteiger partial charge in [-0.15, -0.1) is 0 Å². The highest BCUT2D eigenvalue weighted by molar-refractivity contribution is 9.10. The summed E-state index contributed by atoms with van der Waals surface area (Å²) in [6.07, 6.45) is 0. The number of anilines is 1. The van der Waals surface area contributed by atoms with Crippen molar-refractivity contribution < 1.29 is 4.92 Å². The number of nitrogen functional groups attached to an aromatic ring is 1. The van der Waals surface area contributed by atoms with E-state index in [2.05, 4.69) is 15.9 Å². The second kappa shape index (κ2) is 5.41. The molecular weight excluding hydrogens is 316 g/mol. The van der Waals surface area contributed by atoms with Crippen LogP contribution in [0.3, 0.4) is 0 Å². The van der Waals surface area contributed by atoms with E-state index >= 15 is 0 Å². The predicted octanol–water partition coefficient (Wildman–Crippen LogP) is 4.09. The number of nitro groups is 1. The first-order valence-electron chi connectivity index (χ1n) is 5.03. The third-order valence-corrected chi connectivity index (χ3v) is 3.77. The topological polar surface area (TPSA) is 69.2 Å². The number of hydrogen-bond acceptors (Lipinski definition) is 4. The average Bonchev–Trinajstić information content (AvgIpc) is 2.32. The molecule has 92 valence electrons. The van der Waals surface area contributed by atoms with Gasteiger partial charge in [0.15, 0.2) is 0 Å². The van der Waals surface area contributed by atoms with E-state index in [1.54, 1.807) is 12.1 Å². The second-order valence-corrected chi connectivity index (χ2v) is 5.60. The third-order valence-electron chi connectivity index (χ3n) is 2.25. The van der Waals surface area contributed by atoms with Crippen LogP contribution in [0, 0.1) is 10.1 Å². The van der Waals surface area contributed by atoms with Gasteiger partial charge in [-0.05, 0) is 36.4 Å². The van der Waals surface area contributed by atoms with Crippen molar-refractivity contribution in [3.8, 4) is 0 Å². The molecule has 0 aliphatic heterocycles. The Bertz CT molecular complexity index is 587. The summed E-state index contributed by atoms with van der Waals surface area (Å²) < 4.78 is 1.01. The number of halogens is 1. The maximum Gasteiger partial charge on any atom is 0.292 e. The van der Waals surface area contributed by atoms with Crippen LogP contribution in [-0.4, -0.2) is 4.92 Å². The van der Waals surface area contributed by atoms with Crippen molar-refractivity contribution >= 4 is 39.1 Å². The Hall–Kier alpha value is -1.53. The van der Waals surface area contributed by atoms with Crippen molar-refractivity contribution in [2.75, 3.05) is 5.73 Å². The van der Waals surface area contributed by atoms with Gasteiger partial charge in [-0.25, -0.2) is 0 Å². The van der Waals surface area contributed by atoms with Gasteiger partial charge in [0.25, 0.3) is 5.69 Å². The molecule has 0 aliphatic carbocycles. The molecule has 4 nitrogen and oxygen atoms in total. The van der Waals surface area contributed by atoms with E-state index in [9.17, 15) is 10.1 Å². The van der Waals surface area contributed by atoms with Crippen molar-refractivity contribution in [3.63, 3.8) is 0 Å². The Morgan fingerprint density at radius 2 is 1.72 bits per heavy atom. The van der Waals surface area contributed by atoms with Gasteiger partial charge in [-0.2, -0.15) is 0 Å². The number of rotatable bonds is 3. The van der Waals surface area contributed by atoms with Crippen LogP contribution in [0.25, 0.3) is 0 Å². The van der Waals surface area contributed by atoms with Gasteiger partial charge in [-0.3, -0.25) is 10.1 Å². The van der Waals surface area contributed by atoms with E-state index in [0.29, 0.717) is 0 Å². The van der Waals surface area contributed by atoms with Crippen molar-refractivity contribution in [1.82, 2.24) is 0 Å². The molecule has 0 bridgehead atoms. The van der Waals surface area contributed by atoms with Crippen LogP contribution < -0.4 is 5.73 Å². The fourth-order valence-corrected chi connectivity index (χ4v) is 2.53. The van der Waals surface area contributed by atoms with Crippen molar-refractivity contribution in [3.05, 3.63) is 57.1 Å². The van der Waals surface area contributed by atoms with Gasteiger partial charge in [0.1, 0.15) is 5.69 Å². The quantitative estimate of drug-likeness (QED) is 0.524. The fraction of sp³-hybridized carbons (Fsp3) is 0. The summed E-state index contributed by atoms with van der Waals surface area (Å²) in [6, 6.07) is 12.6. The monoisotopic (exact) mass is 324 g/mol. The van der Waals surface area contributed by atoms with Crippen LogP contribution in [-0.2, 0) is 0 Å². The Morgan fingerprint density at radius 3 is 2.28 bits per heavy atom. The number of nitrogens with two attached hydrogens (primary N) is 1. The molecule has 0 aliphatic rings. The van der Waals surface area contributed by atoms with Gasteiger partial charge in [0.2, 0.25) is 0 Å². The van der Waals surface area contributed by atoms with Crippen LogP contribution >= 0.6 is 27.7 Å². The first-order chi connectivity index (χ1) is 8.56. The van der Waals surface area contributed by atoms with Crippen molar-refractivity contribution in [2.45, 2.75) is 9.79 Å². The Labute approximate surface area is 116 Å². The molecule has 0 heterocycles. The van der Waals surface area contributed by atoms with Gasteiger partial charge in [0.05, 0.1) is 4.92 Å². The molecular formula is C12H9BrN2O2S. The molecule has 0 aromatic heterocycles. The van der Waals surface area contributed by atoms with E-state index in [-0.39, 0.29) is 11.4 Å². The third kappa shape index (κ3) is 3.02. The molecule has 2 aromatic carbocycles. The molecule has 6 heteroatoms. The summed E-state index contributed by atoms with van der Waals surface area (Å²) in [6.45, 7) is 0. The lowest BCUT2D eigenvalue weighted by molar-refractivity contribution is -0.383. The minimum absolute atomic E-state index is 0.0600. The summed E-state index contributed by atoms with van der Waals surface area (Å²) in [4.78, 5) is 12.1. The Kier molecular flexibility index (Phi) is 3.88. The molecule has 0 fully saturated rings. The molecule has 0 saturated carbocycles. The minimum atomic E-state index is -0.483. The van der Waals surface area contributed by atoms with E-state index in [4.69, 9.17) is 5.73 Å². The smallest absolute Gasteiger partial charge is 0.292 e. The highest BCUT2D eigenvalue weighted by Crippen LogP contribution is 2.32. The fourth-order valence-electron chi connectivity index (χ4n) is 1.40. The highest BCUT2D eigenvalue weighted by atomic mass is 79.9. The lowest BCUT2D eigenvalue weighted by Gasteiger charge is -2.03. The van der Waals surface area contributed by atoms with E-state index in [1.165, 1.54) is 17.8 Å². The zero-order valence-corrected chi connectivity index (χ0v) is 11.6. The van der Waals surface area contributed by atoms with E-state index < -0.39 is 4.92 Å². The lowest BCUT2D eigenvalue weighted by Crippen LogP contribution is -1.95. The SMILES string of the molecule is Nc1cc(Sc2ccc(Br)cc2)ccc1[N+](=O)[O-]. The van der Waals surface area contributed by atoms with Gasteiger partial charge in [0, 0.05) is 20.3 Å². The molecule has 0 spiro atoms. The van der Waals surface area contributed by atoms with Crippen molar-refractivity contribution in [1.29, 1.82) is 0 Å². The molecule has 2 aromatic rings. The predicted molar refractivity (Wildman–Crippen MR) is 75.8 cm³/mol. The van der Waals surface area contributed by atoms with Gasteiger partial charge < -0.3 is 5.73 Å². The Balaban J connectivity index is 2.22. The van der Waals surface area contributed by atoms with E-state index in [0.717, 1.165) is 14.3 Å². The molecule has 0 saturated heterocycles. The second-order valence-electron chi connectivity index (χ2n) is 3.53. The summed E-state index contributed by atoms with van der Waals surface area (Å²) >= 11 is 4.87.